The second-order valence-electron chi connectivity index (χ2n) is 4.91. The normalized spacial score (nSPS) is 23.2. The Morgan fingerprint density at radius 2 is 2.00 bits per heavy atom. The van der Waals surface area contributed by atoms with Crippen molar-refractivity contribution < 1.29 is 9.53 Å². The van der Waals surface area contributed by atoms with Crippen molar-refractivity contribution in [3.8, 4) is 5.75 Å². The van der Waals surface area contributed by atoms with Gasteiger partial charge in [-0.15, -0.1) is 0 Å². The van der Waals surface area contributed by atoms with Gasteiger partial charge in [-0.1, -0.05) is 31.0 Å². The minimum absolute atomic E-state index is 0.0492. The molecule has 0 saturated heterocycles. The largest absolute Gasteiger partial charge is 0.480 e. The van der Waals surface area contributed by atoms with Gasteiger partial charge >= 0.3 is 0 Å². The summed E-state index contributed by atoms with van der Waals surface area (Å²) in [5, 5.41) is 3.09. The van der Waals surface area contributed by atoms with E-state index in [0.717, 1.165) is 24.2 Å². The monoisotopic (exact) mass is 231 g/mol. The topological polar surface area (TPSA) is 38.3 Å². The average molecular weight is 231 g/mol. The summed E-state index contributed by atoms with van der Waals surface area (Å²) in [5.41, 5.74) is 1.14. The van der Waals surface area contributed by atoms with Gasteiger partial charge in [-0.3, -0.25) is 4.79 Å². The molecular weight excluding hydrogens is 214 g/mol. The maximum absolute atomic E-state index is 12.0. The van der Waals surface area contributed by atoms with Gasteiger partial charge in [-0.05, 0) is 24.5 Å². The highest BCUT2D eigenvalue weighted by molar-refractivity contribution is 5.82. The second-order valence-corrected chi connectivity index (χ2v) is 4.91. The van der Waals surface area contributed by atoms with E-state index in [0.29, 0.717) is 12.5 Å². The van der Waals surface area contributed by atoms with Crippen molar-refractivity contribution in [1.29, 1.82) is 0 Å². The first-order valence-corrected chi connectivity index (χ1v) is 6.38. The van der Waals surface area contributed by atoms with Crippen LogP contribution in [-0.2, 0) is 11.2 Å². The van der Waals surface area contributed by atoms with Gasteiger partial charge in [0, 0.05) is 12.5 Å². The van der Waals surface area contributed by atoms with Crippen molar-refractivity contribution in [2.24, 2.45) is 0 Å². The van der Waals surface area contributed by atoms with Gasteiger partial charge in [0.15, 0.2) is 6.10 Å². The molecular formula is C14H17NO2. The molecule has 1 aromatic rings. The lowest BCUT2D eigenvalue weighted by atomic mass is 10.1. The zero-order chi connectivity index (χ0) is 11.7. The lowest BCUT2D eigenvalue weighted by Crippen LogP contribution is -2.42. The molecule has 1 heterocycles. The van der Waals surface area contributed by atoms with Crippen LogP contribution in [0.2, 0.25) is 0 Å². The summed E-state index contributed by atoms with van der Waals surface area (Å²) >= 11 is 0. The molecule has 1 fully saturated rings. The molecule has 1 atom stereocenters. The number of fused-ring (bicyclic) bond motifs is 1. The van der Waals surface area contributed by atoms with E-state index >= 15 is 0 Å². The van der Waals surface area contributed by atoms with Crippen LogP contribution in [0.1, 0.15) is 31.2 Å². The Balaban J connectivity index is 1.62. The second kappa shape index (κ2) is 4.40. The third-order valence-corrected chi connectivity index (χ3v) is 3.64. The fourth-order valence-corrected chi connectivity index (χ4v) is 2.69. The van der Waals surface area contributed by atoms with Gasteiger partial charge in [-0.2, -0.15) is 0 Å². The van der Waals surface area contributed by atoms with Gasteiger partial charge < -0.3 is 10.1 Å². The lowest BCUT2D eigenvalue weighted by molar-refractivity contribution is -0.127. The van der Waals surface area contributed by atoms with E-state index in [-0.39, 0.29) is 12.0 Å². The van der Waals surface area contributed by atoms with Crippen LogP contribution >= 0.6 is 0 Å². The molecule has 1 amide bonds. The molecule has 1 N–H and O–H groups in total. The van der Waals surface area contributed by atoms with Crippen LogP contribution in [0.3, 0.4) is 0 Å². The van der Waals surface area contributed by atoms with Crippen LogP contribution in [0.5, 0.6) is 5.75 Å². The van der Waals surface area contributed by atoms with E-state index in [4.69, 9.17) is 4.74 Å². The van der Waals surface area contributed by atoms with E-state index in [1.165, 1.54) is 12.8 Å². The Bertz CT molecular complexity index is 399. The fraction of sp³-hybridized carbons (Fsp3) is 0.500. The van der Waals surface area contributed by atoms with Crippen molar-refractivity contribution in [2.45, 2.75) is 44.2 Å². The van der Waals surface area contributed by atoms with Crippen LogP contribution < -0.4 is 10.1 Å². The van der Waals surface area contributed by atoms with Crippen LogP contribution in [0, 0.1) is 0 Å². The van der Waals surface area contributed by atoms with E-state index in [1.54, 1.807) is 0 Å². The summed E-state index contributed by atoms with van der Waals surface area (Å²) < 4.78 is 5.67. The van der Waals surface area contributed by atoms with Crippen LogP contribution in [0.15, 0.2) is 24.3 Å². The predicted molar refractivity (Wildman–Crippen MR) is 65.0 cm³/mol. The van der Waals surface area contributed by atoms with Crippen molar-refractivity contribution in [2.75, 3.05) is 0 Å². The molecule has 0 bridgehead atoms. The minimum atomic E-state index is -0.326. The quantitative estimate of drug-likeness (QED) is 0.846. The highest BCUT2D eigenvalue weighted by Crippen LogP contribution is 2.28. The Hall–Kier alpha value is -1.51. The maximum atomic E-state index is 12.0. The first kappa shape index (κ1) is 10.6. The number of carbonyl (C=O) groups is 1. The zero-order valence-corrected chi connectivity index (χ0v) is 9.82. The van der Waals surface area contributed by atoms with Crippen LogP contribution in [0.25, 0.3) is 0 Å². The summed E-state index contributed by atoms with van der Waals surface area (Å²) in [6.45, 7) is 0. The Morgan fingerprint density at radius 1 is 1.24 bits per heavy atom. The summed E-state index contributed by atoms with van der Waals surface area (Å²) in [6, 6.07) is 8.25. The highest BCUT2D eigenvalue weighted by Gasteiger charge is 2.30. The number of amides is 1. The van der Waals surface area contributed by atoms with Crippen molar-refractivity contribution >= 4 is 5.91 Å². The number of ether oxygens (including phenoxy) is 1. The smallest absolute Gasteiger partial charge is 0.261 e. The summed E-state index contributed by atoms with van der Waals surface area (Å²) in [4.78, 5) is 12.0. The van der Waals surface area contributed by atoms with E-state index < -0.39 is 0 Å². The van der Waals surface area contributed by atoms with Crippen LogP contribution in [-0.4, -0.2) is 18.1 Å². The van der Waals surface area contributed by atoms with Gasteiger partial charge in [0.25, 0.3) is 5.91 Å². The molecule has 0 aromatic heterocycles. The SMILES string of the molecule is O=C(NC1CCCC1)[C@@H]1Cc2ccccc2O1. The number of carbonyl (C=O) groups excluding carboxylic acids is 1. The van der Waals surface area contributed by atoms with Crippen molar-refractivity contribution in [1.82, 2.24) is 5.32 Å². The average Bonchev–Trinajstić information content (AvgIpc) is 2.96. The zero-order valence-electron chi connectivity index (χ0n) is 9.82. The number of rotatable bonds is 2. The Morgan fingerprint density at radius 3 is 2.76 bits per heavy atom. The van der Waals surface area contributed by atoms with E-state index in [1.807, 2.05) is 24.3 Å². The van der Waals surface area contributed by atoms with Crippen molar-refractivity contribution in [3.63, 3.8) is 0 Å². The predicted octanol–water partition coefficient (Wildman–Crippen LogP) is 2.05. The summed E-state index contributed by atoms with van der Waals surface area (Å²) in [5.74, 6) is 0.909. The molecule has 1 aromatic carbocycles. The number of para-hydroxylation sites is 1. The molecule has 3 rings (SSSR count). The third kappa shape index (κ3) is 2.14. The standard InChI is InChI=1S/C14H17NO2/c16-14(15-11-6-2-3-7-11)13-9-10-5-1-4-8-12(10)17-13/h1,4-5,8,11,13H,2-3,6-7,9H2,(H,15,16)/t13-/m0/s1. The first-order chi connectivity index (χ1) is 8.33. The molecule has 1 aliphatic heterocycles. The van der Waals surface area contributed by atoms with Gasteiger partial charge in [0.1, 0.15) is 5.75 Å². The van der Waals surface area contributed by atoms with Gasteiger partial charge in [0.05, 0.1) is 0 Å². The molecule has 1 aliphatic carbocycles. The fourth-order valence-electron chi connectivity index (χ4n) is 2.69. The summed E-state index contributed by atoms with van der Waals surface area (Å²) in [6.07, 6.45) is 5.08. The summed E-state index contributed by atoms with van der Waals surface area (Å²) in [7, 11) is 0. The lowest BCUT2D eigenvalue weighted by Gasteiger charge is -2.15. The maximum Gasteiger partial charge on any atom is 0.261 e. The third-order valence-electron chi connectivity index (χ3n) is 3.64. The number of hydrogen-bond donors (Lipinski definition) is 1. The number of nitrogens with one attached hydrogen (secondary N) is 1. The highest BCUT2D eigenvalue weighted by atomic mass is 16.5. The van der Waals surface area contributed by atoms with Crippen LogP contribution in [0.4, 0.5) is 0 Å². The number of hydrogen-bond acceptors (Lipinski definition) is 2. The van der Waals surface area contributed by atoms with Crippen molar-refractivity contribution in [3.05, 3.63) is 29.8 Å². The molecule has 0 radical (unpaired) electrons. The molecule has 0 spiro atoms. The number of benzene rings is 1. The molecule has 2 aliphatic rings. The Labute approximate surface area is 101 Å². The molecule has 17 heavy (non-hydrogen) atoms. The first-order valence-electron chi connectivity index (χ1n) is 6.38. The van der Waals surface area contributed by atoms with E-state index in [9.17, 15) is 4.79 Å². The molecule has 0 unspecified atom stereocenters. The molecule has 1 saturated carbocycles. The van der Waals surface area contributed by atoms with E-state index in [2.05, 4.69) is 5.32 Å². The van der Waals surface area contributed by atoms with Gasteiger partial charge in [0.2, 0.25) is 0 Å². The molecule has 3 nitrogen and oxygen atoms in total. The molecule has 90 valence electrons. The minimum Gasteiger partial charge on any atom is -0.480 e. The van der Waals surface area contributed by atoms with Gasteiger partial charge in [-0.25, -0.2) is 0 Å². The molecule has 3 heteroatoms. The Kier molecular flexibility index (Phi) is 2.75.